The zero-order chi connectivity index (χ0) is 14.6. The lowest BCUT2D eigenvalue weighted by atomic mass is 9.95. The summed E-state index contributed by atoms with van der Waals surface area (Å²) in [7, 11) is -3.01. The lowest BCUT2D eigenvalue weighted by Gasteiger charge is -2.22. The fraction of sp³-hybridized carbons (Fsp3) is 0.846. The van der Waals surface area contributed by atoms with Crippen molar-refractivity contribution in [1.29, 1.82) is 0 Å². The lowest BCUT2D eigenvalue weighted by molar-refractivity contribution is -0.130. The molecule has 2 rings (SSSR count). The quantitative estimate of drug-likeness (QED) is 0.722. The number of rotatable bonds is 4. The molecule has 1 heterocycles. The maximum absolute atomic E-state index is 11.7. The standard InChI is InChI=1S/C13H22N2O4S/c16-12(14-10-4-2-1-3-5-10)8-13(17)15-11-6-7-20(18,19)9-11/h10-11H,1-9H2,(H,14,16)(H,15,17). The Kier molecular flexibility index (Phi) is 5.01. The minimum Gasteiger partial charge on any atom is -0.353 e. The summed E-state index contributed by atoms with van der Waals surface area (Å²) in [6.07, 6.45) is 5.64. The van der Waals surface area contributed by atoms with Gasteiger partial charge in [0.1, 0.15) is 6.42 Å². The smallest absolute Gasteiger partial charge is 0.229 e. The van der Waals surface area contributed by atoms with E-state index in [0.717, 1.165) is 25.7 Å². The molecule has 2 aliphatic rings. The van der Waals surface area contributed by atoms with E-state index in [9.17, 15) is 18.0 Å². The Hall–Kier alpha value is -1.11. The SMILES string of the molecule is O=C(CC(=O)NC1CCS(=O)(=O)C1)NC1CCCCC1. The van der Waals surface area contributed by atoms with Gasteiger partial charge < -0.3 is 10.6 Å². The Morgan fingerprint density at radius 3 is 2.05 bits per heavy atom. The fourth-order valence-corrected chi connectivity index (χ4v) is 4.53. The van der Waals surface area contributed by atoms with Crippen LogP contribution in [0.5, 0.6) is 0 Å². The monoisotopic (exact) mass is 302 g/mol. The highest BCUT2D eigenvalue weighted by Gasteiger charge is 2.29. The first-order chi connectivity index (χ1) is 9.44. The second-order valence-electron chi connectivity index (χ2n) is 5.75. The molecule has 2 N–H and O–H groups in total. The summed E-state index contributed by atoms with van der Waals surface area (Å²) in [5, 5.41) is 5.50. The average Bonchev–Trinajstić information content (AvgIpc) is 2.69. The molecule has 20 heavy (non-hydrogen) atoms. The maximum Gasteiger partial charge on any atom is 0.229 e. The first kappa shape index (κ1) is 15.3. The zero-order valence-electron chi connectivity index (χ0n) is 11.6. The number of carbonyl (C=O) groups excluding carboxylic acids is 2. The van der Waals surface area contributed by atoms with E-state index in [4.69, 9.17) is 0 Å². The van der Waals surface area contributed by atoms with Gasteiger partial charge in [0.15, 0.2) is 9.84 Å². The highest BCUT2D eigenvalue weighted by molar-refractivity contribution is 7.91. The van der Waals surface area contributed by atoms with Crippen LogP contribution in [0, 0.1) is 0 Å². The van der Waals surface area contributed by atoms with Gasteiger partial charge in [-0.3, -0.25) is 9.59 Å². The summed E-state index contributed by atoms with van der Waals surface area (Å²) in [5.41, 5.74) is 0. The third-order valence-corrected chi connectivity index (χ3v) is 5.66. The van der Waals surface area contributed by atoms with E-state index < -0.39 is 9.84 Å². The van der Waals surface area contributed by atoms with Crippen LogP contribution in [0.1, 0.15) is 44.9 Å². The van der Waals surface area contributed by atoms with Crippen molar-refractivity contribution < 1.29 is 18.0 Å². The number of carbonyl (C=O) groups is 2. The molecule has 2 amide bonds. The highest BCUT2D eigenvalue weighted by Crippen LogP contribution is 2.17. The molecule has 1 aliphatic carbocycles. The molecule has 1 saturated heterocycles. The Morgan fingerprint density at radius 1 is 0.900 bits per heavy atom. The molecule has 0 radical (unpaired) electrons. The van der Waals surface area contributed by atoms with Gasteiger partial charge in [0, 0.05) is 12.1 Å². The van der Waals surface area contributed by atoms with E-state index in [2.05, 4.69) is 10.6 Å². The van der Waals surface area contributed by atoms with Crippen LogP contribution >= 0.6 is 0 Å². The van der Waals surface area contributed by atoms with Crippen molar-refractivity contribution in [3.05, 3.63) is 0 Å². The highest BCUT2D eigenvalue weighted by atomic mass is 32.2. The normalized spacial score (nSPS) is 26.1. The minimum absolute atomic E-state index is 0.0109. The zero-order valence-corrected chi connectivity index (χ0v) is 12.4. The topological polar surface area (TPSA) is 92.3 Å². The molecular weight excluding hydrogens is 280 g/mol. The van der Waals surface area contributed by atoms with Gasteiger partial charge in [-0.15, -0.1) is 0 Å². The number of amides is 2. The van der Waals surface area contributed by atoms with Crippen molar-refractivity contribution in [2.24, 2.45) is 0 Å². The van der Waals surface area contributed by atoms with Crippen molar-refractivity contribution in [2.75, 3.05) is 11.5 Å². The van der Waals surface area contributed by atoms with E-state index in [1.807, 2.05) is 0 Å². The van der Waals surface area contributed by atoms with Crippen molar-refractivity contribution in [1.82, 2.24) is 10.6 Å². The molecule has 0 aromatic carbocycles. The van der Waals surface area contributed by atoms with Gasteiger partial charge in [-0.2, -0.15) is 0 Å². The average molecular weight is 302 g/mol. The van der Waals surface area contributed by atoms with Crippen LogP contribution < -0.4 is 10.6 Å². The molecule has 0 bridgehead atoms. The van der Waals surface area contributed by atoms with Crippen molar-refractivity contribution >= 4 is 21.7 Å². The summed E-state index contributed by atoms with van der Waals surface area (Å²) in [5.74, 6) is -0.550. The van der Waals surface area contributed by atoms with Crippen LogP contribution in [0.2, 0.25) is 0 Å². The third-order valence-electron chi connectivity index (χ3n) is 3.89. The van der Waals surface area contributed by atoms with Crippen molar-refractivity contribution in [2.45, 2.75) is 57.0 Å². The second-order valence-corrected chi connectivity index (χ2v) is 7.98. The largest absolute Gasteiger partial charge is 0.353 e. The molecule has 1 unspecified atom stereocenters. The van der Waals surface area contributed by atoms with Gasteiger partial charge in [0.2, 0.25) is 11.8 Å². The predicted octanol–water partition coefficient (Wildman–Crippen LogP) is 0.129. The third kappa shape index (κ3) is 4.77. The van der Waals surface area contributed by atoms with Crippen LogP contribution in [-0.2, 0) is 19.4 Å². The number of hydrogen-bond donors (Lipinski definition) is 2. The van der Waals surface area contributed by atoms with E-state index in [0.29, 0.717) is 6.42 Å². The first-order valence-electron chi connectivity index (χ1n) is 7.24. The van der Waals surface area contributed by atoms with E-state index in [1.54, 1.807) is 0 Å². The number of sulfone groups is 1. The molecular formula is C13H22N2O4S. The van der Waals surface area contributed by atoms with Gasteiger partial charge in [0.05, 0.1) is 11.5 Å². The van der Waals surface area contributed by atoms with Crippen molar-refractivity contribution in [3.8, 4) is 0 Å². The van der Waals surface area contributed by atoms with Gasteiger partial charge in [-0.25, -0.2) is 8.42 Å². The fourth-order valence-electron chi connectivity index (χ4n) is 2.86. The van der Waals surface area contributed by atoms with Crippen LogP contribution in [0.25, 0.3) is 0 Å². The summed E-state index contributed by atoms with van der Waals surface area (Å²) < 4.78 is 22.6. The summed E-state index contributed by atoms with van der Waals surface area (Å²) in [6.45, 7) is 0. The van der Waals surface area contributed by atoms with Crippen LogP contribution in [0.3, 0.4) is 0 Å². The molecule has 114 valence electrons. The molecule has 1 aliphatic heterocycles. The molecule has 0 aromatic heterocycles. The van der Waals surface area contributed by atoms with Crippen molar-refractivity contribution in [3.63, 3.8) is 0 Å². The van der Waals surface area contributed by atoms with Crippen LogP contribution in [-0.4, -0.2) is 43.8 Å². The lowest BCUT2D eigenvalue weighted by Crippen LogP contribution is -2.41. The van der Waals surface area contributed by atoms with Gasteiger partial charge in [-0.05, 0) is 19.3 Å². The molecule has 0 aromatic rings. The first-order valence-corrected chi connectivity index (χ1v) is 9.06. The summed E-state index contributed by atoms with van der Waals surface area (Å²) in [4.78, 5) is 23.4. The van der Waals surface area contributed by atoms with E-state index >= 15 is 0 Å². The van der Waals surface area contributed by atoms with E-state index in [-0.39, 0.29) is 41.8 Å². The molecule has 0 spiro atoms. The Balaban J connectivity index is 1.70. The Labute approximate surface area is 119 Å². The molecule has 2 fully saturated rings. The summed E-state index contributed by atoms with van der Waals surface area (Å²) >= 11 is 0. The Bertz CT molecular complexity index is 469. The van der Waals surface area contributed by atoms with Crippen LogP contribution in [0.15, 0.2) is 0 Å². The van der Waals surface area contributed by atoms with Crippen LogP contribution in [0.4, 0.5) is 0 Å². The molecule has 6 nitrogen and oxygen atoms in total. The Morgan fingerprint density at radius 2 is 1.50 bits per heavy atom. The van der Waals surface area contributed by atoms with Gasteiger partial charge in [0.25, 0.3) is 0 Å². The molecule has 7 heteroatoms. The number of hydrogen-bond acceptors (Lipinski definition) is 4. The number of nitrogens with one attached hydrogen (secondary N) is 2. The summed E-state index contributed by atoms with van der Waals surface area (Å²) in [6, 6.07) is -0.147. The van der Waals surface area contributed by atoms with Gasteiger partial charge in [-0.1, -0.05) is 19.3 Å². The maximum atomic E-state index is 11.7. The minimum atomic E-state index is -3.01. The molecule has 1 saturated carbocycles. The van der Waals surface area contributed by atoms with Gasteiger partial charge >= 0.3 is 0 Å². The van der Waals surface area contributed by atoms with E-state index in [1.165, 1.54) is 6.42 Å². The molecule has 1 atom stereocenters. The second kappa shape index (κ2) is 6.56. The predicted molar refractivity (Wildman–Crippen MR) is 74.8 cm³/mol.